The third-order valence-electron chi connectivity index (χ3n) is 4.17. The summed E-state index contributed by atoms with van der Waals surface area (Å²) in [6.45, 7) is 10.1. The van der Waals surface area contributed by atoms with E-state index in [1.165, 1.54) is 10.5 Å². The Bertz CT molecular complexity index is 793. The van der Waals surface area contributed by atoms with Gasteiger partial charge in [0.05, 0.1) is 17.0 Å². The van der Waals surface area contributed by atoms with Crippen LogP contribution >= 0.6 is 0 Å². The maximum atomic E-state index is 12.6. The highest BCUT2D eigenvalue weighted by atomic mass is 16.5. The summed E-state index contributed by atoms with van der Waals surface area (Å²) in [5.74, 6) is 0.672. The number of aryl methyl sites for hydroxylation is 1. The van der Waals surface area contributed by atoms with Crippen LogP contribution in [0.5, 0.6) is 5.75 Å². The lowest BCUT2D eigenvalue weighted by molar-refractivity contribution is 0.0820. The lowest BCUT2D eigenvalue weighted by Crippen LogP contribution is -2.27. The van der Waals surface area contributed by atoms with Crippen LogP contribution in [0.15, 0.2) is 24.3 Å². The van der Waals surface area contributed by atoms with Crippen LogP contribution in [0.25, 0.3) is 0 Å². The number of nitrogen functional groups attached to an aromatic ring is 1. The van der Waals surface area contributed by atoms with Gasteiger partial charge in [0.25, 0.3) is 5.91 Å². The molecule has 1 amide bonds. The van der Waals surface area contributed by atoms with E-state index in [0.29, 0.717) is 22.7 Å². The molecule has 2 rings (SSSR count). The van der Waals surface area contributed by atoms with Gasteiger partial charge in [0.1, 0.15) is 11.9 Å². The highest BCUT2D eigenvalue weighted by Crippen LogP contribution is 2.28. The number of anilines is 1. The minimum Gasteiger partial charge on any atom is -0.484 e. The van der Waals surface area contributed by atoms with Crippen molar-refractivity contribution in [2.24, 2.45) is 0 Å². The van der Waals surface area contributed by atoms with Crippen LogP contribution in [0.1, 0.15) is 61.1 Å². The van der Waals surface area contributed by atoms with Crippen molar-refractivity contribution < 1.29 is 9.53 Å². The number of amides is 1. The van der Waals surface area contributed by atoms with Gasteiger partial charge in [-0.15, -0.1) is 0 Å². The van der Waals surface area contributed by atoms with Gasteiger partial charge in [-0.1, -0.05) is 32.9 Å². The Hall–Kier alpha value is -2.63. The van der Waals surface area contributed by atoms with Gasteiger partial charge in [0.15, 0.2) is 0 Å². The van der Waals surface area contributed by atoms with Crippen molar-refractivity contribution in [3.8, 4) is 5.75 Å². The molecule has 1 unspecified atom stereocenters. The molecule has 0 aliphatic carbocycles. The van der Waals surface area contributed by atoms with E-state index in [-0.39, 0.29) is 17.3 Å². The maximum Gasteiger partial charge on any atom is 0.257 e. The number of aromatic nitrogens is 2. The number of nitrogens with zero attached hydrogens (tertiary/aromatic N) is 3. The van der Waals surface area contributed by atoms with Crippen LogP contribution < -0.4 is 10.5 Å². The zero-order valence-electron chi connectivity index (χ0n) is 16.6. The summed E-state index contributed by atoms with van der Waals surface area (Å²) in [6, 6.07) is 7.96. The van der Waals surface area contributed by atoms with Crippen molar-refractivity contribution in [1.82, 2.24) is 14.9 Å². The third kappa shape index (κ3) is 4.31. The molecule has 6 heteroatoms. The number of carbonyl (C=O) groups excluding carboxylic acids is 1. The fourth-order valence-electron chi connectivity index (χ4n) is 2.69. The molecular formula is C20H28N4O2. The highest BCUT2D eigenvalue weighted by Gasteiger charge is 2.24. The number of rotatable bonds is 4. The van der Waals surface area contributed by atoms with Gasteiger partial charge in [-0.25, -0.2) is 9.97 Å². The Labute approximate surface area is 155 Å². The monoisotopic (exact) mass is 356 g/mol. The van der Waals surface area contributed by atoms with Gasteiger partial charge >= 0.3 is 0 Å². The first-order chi connectivity index (χ1) is 12.0. The SMILES string of the molecule is Cc1nc(N)nc(C(C)Oc2ccc(C(C)(C)C)cc2)c1C(=O)N(C)C. The molecule has 0 aliphatic rings. The van der Waals surface area contributed by atoms with Crippen LogP contribution in [0.4, 0.5) is 5.95 Å². The van der Waals surface area contributed by atoms with Crippen molar-refractivity contribution in [3.63, 3.8) is 0 Å². The summed E-state index contributed by atoms with van der Waals surface area (Å²) >= 11 is 0. The second-order valence-corrected chi connectivity index (χ2v) is 7.66. The van der Waals surface area contributed by atoms with E-state index < -0.39 is 6.10 Å². The Morgan fingerprint density at radius 2 is 1.73 bits per heavy atom. The summed E-state index contributed by atoms with van der Waals surface area (Å²) in [7, 11) is 3.39. The zero-order valence-corrected chi connectivity index (χ0v) is 16.6. The molecule has 1 aromatic heterocycles. The lowest BCUT2D eigenvalue weighted by Gasteiger charge is -2.22. The zero-order chi connectivity index (χ0) is 19.6. The topological polar surface area (TPSA) is 81.3 Å². The molecule has 0 aliphatic heterocycles. The molecule has 2 aromatic rings. The van der Waals surface area contributed by atoms with Crippen LogP contribution in [-0.4, -0.2) is 34.9 Å². The van der Waals surface area contributed by atoms with Crippen molar-refractivity contribution in [3.05, 3.63) is 46.8 Å². The molecule has 0 spiro atoms. The fraction of sp³-hybridized carbons (Fsp3) is 0.450. The third-order valence-corrected chi connectivity index (χ3v) is 4.17. The predicted molar refractivity (Wildman–Crippen MR) is 103 cm³/mol. The molecule has 0 radical (unpaired) electrons. The molecular weight excluding hydrogens is 328 g/mol. The normalized spacial score (nSPS) is 12.6. The average Bonchev–Trinajstić information content (AvgIpc) is 2.53. The van der Waals surface area contributed by atoms with Gasteiger partial charge < -0.3 is 15.4 Å². The first-order valence-corrected chi connectivity index (χ1v) is 8.63. The van der Waals surface area contributed by atoms with Gasteiger partial charge in [-0.05, 0) is 37.0 Å². The van der Waals surface area contributed by atoms with E-state index in [1.807, 2.05) is 31.2 Å². The van der Waals surface area contributed by atoms with Crippen LogP contribution in [-0.2, 0) is 5.41 Å². The van der Waals surface area contributed by atoms with Crippen molar-refractivity contribution in [1.29, 1.82) is 0 Å². The molecule has 0 saturated heterocycles. The molecule has 1 aromatic carbocycles. The smallest absolute Gasteiger partial charge is 0.257 e. The lowest BCUT2D eigenvalue weighted by atomic mass is 9.87. The number of carbonyl (C=O) groups is 1. The predicted octanol–water partition coefficient (Wildman–Crippen LogP) is 3.51. The van der Waals surface area contributed by atoms with Gasteiger partial charge in [-0.2, -0.15) is 0 Å². The molecule has 0 fully saturated rings. The Kier molecular flexibility index (Phi) is 5.54. The second-order valence-electron chi connectivity index (χ2n) is 7.66. The molecule has 140 valence electrons. The summed E-state index contributed by atoms with van der Waals surface area (Å²) < 4.78 is 6.03. The maximum absolute atomic E-state index is 12.6. The minimum absolute atomic E-state index is 0.0770. The molecule has 0 saturated carbocycles. The van der Waals surface area contributed by atoms with E-state index in [2.05, 4.69) is 30.7 Å². The summed E-state index contributed by atoms with van der Waals surface area (Å²) in [4.78, 5) is 22.5. The molecule has 0 bridgehead atoms. The second kappa shape index (κ2) is 7.32. The van der Waals surface area contributed by atoms with E-state index in [1.54, 1.807) is 21.0 Å². The molecule has 6 nitrogen and oxygen atoms in total. The summed E-state index contributed by atoms with van der Waals surface area (Å²) in [5, 5.41) is 0. The molecule has 2 N–H and O–H groups in total. The van der Waals surface area contributed by atoms with Gasteiger partial charge in [-0.3, -0.25) is 4.79 Å². The quantitative estimate of drug-likeness (QED) is 0.906. The van der Waals surface area contributed by atoms with E-state index in [9.17, 15) is 4.79 Å². The highest BCUT2D eigenvalue weighted by molar-refractivity contribution is 5.96. The number of ether oxygens (including phenoxy) is 1. The summed E-state index contributed by atoms with van der Waals surface area (Å²) in [5.41, 5.74) is 8.58. The Morgan fingerprint density at radius 3 is 2.23 bits per heavy atom. The van der Waals surface area contributed by atoms with E-state index in [0.717, 1.165) is 0 Å². The standard InChI is InChI=1S/C20H28N4O2/c1-12-16(18(25)24(6)7)17(23-19(21)22-12)13(2)26-15-10-8-14(9-11-15)20(3,4)5/h8-11,13H,1-7H3,(H2,21,22,23). The largest absolute Gasteiger partial charge is 0.484 e. The number of hydrogen-bond donors (Lipinski definition) is 1. The van der Waals surface area contributed by atoms with Crippen LogP contribution in [0.3, 0.4) is 0 Å². The number of nitrogens with two attached hydrogens (primary N) is 1. The fourth-order valence-corrected chi connectivity index (χ4v) is 2.69. The van der Waals surface area contributed by atoms with Crippen LogP contribution in [0.2, 0.25) is 0 Å². The van der Waals surface area contributed by atoms with Crippen LogP contribution in [0, 0.1) is 6.92 Å². The average molecular weight is 356 g/mol. The van der Waals surface area contributed by atoms with Gasteiger partial charge in [0.2, 0.25) is 5.95 Å². The van der Waals surface area contributed by atoms with E-state index >= 15 is 0 Å². The molecule has 26 heavy (non-hydrogen) atoms. The first-order valence-electron chi connectivity index (χ1n) is 8.63. The van der Waals surface area contributed by atoms with Crippen molar-refractivity contribution >= 4 is 11.9 Å². The first kappa shape index (κ1) is 19.7. The van der Waals surface area contributed by atoms with Crippen molar-refractivity contribution in [2.45, 2.75) is 46.1 Å². The minimum atomic E-state index is -0.446. The van der Waals surface area contributed by atoms with E-state index in [4.69, 9.17) is 10.5 Å². The summed E-state index contributed by atoms with van der Waals surface area (Å²) in [6.07, 6.45) is -0.446. The van der Waals surface area contributed by atoms with Crippen molar-refractivity contribution in [2.75, 3.05) is 19.8 Å². The Balaban J connectivity index is 2.35. The molecule has 1 atom stereocenters. The molecule has 1 heterocycles. The number of benzene rings is 1. The number of hydrogen-bond acceptors (Lipinski definition) is 5. The van der Waals surface area contributed by atoms with Gasteiger partial charge in [0, 0.05) is 14.1 Å². The Morgan fingerprint density at radius 1 is 1.15 bits per heavy atom.